The molecule has 106 valence electrons. The Kier molecular flexibility index (Phi) is 4.76. The van der Waals surface area contributed by atoms with Gasteiger partial charge in [0.2, 0.25) is 5.88 Å². The maximum absolute atomic E-state index is 11.8. The van der Waals surface area contributed by atoms with Crippen molar-refractivity contribution in [2.24, 2.45) is 5.73 Å². The van der Waals surface area contributed by atoms with Crippen LogP contribution >= 0.6 is 11.3 Å². The molecule has 2 N–H and O–H groups in total. The van der Waals surface area contributed by atoms with Gasteiger partial charge in [-0.05, 0) is 39.5 Å². The monoisotopic (exact) mass is 284 g/mol. The average molecular weight is 284 g/mol. The van der Waals surface area contributed by atoms with E-state index in [0.717, 1.165) is 30.7 Å². The summed E-state index contributed by atoms with van der Waals surface area (Å²) in [4.78, 5) is 16.6. The number of carbonyl (C=O) groups is 1. The number of ether oxygens (including phenoxy) is 2. The predicted octanol–water partition coefficient (Wildman–Crippen LogP) is 2.28. The highest BCUT2D eigenvalue weighted by Gasteiger charge is 2.25. The molecule has 0 bridgehead atoms. The standard InChI is InChI=1S/C13H20N2O3S/c1-3-17-13(16)11-12(15-8(2)19-11)18-10-6-4-9(14)5-7-10/h9-10H,3-7,14H2,1-2H3/t9-,10-. The third-order valence-corrected chi connectivity index (χ3v) is 4.09. The van der Waals surface area contributed by atoms with Gasteiger partial charge in [0.25, 0.3) is 0 Å². The van der Waals surface area contributed by atoms with Crippen LogP contribution in [0.2, 0.25) is 0 Å². The average Bonchev–Trinajstić information content (AvgIpc) is 2.74. The fraction of sp³-hybridized carbons (Fsp3) is 0.692. The van der Waals surface area contributed by atoms with Gasteiger partial charge in [-0.2, -0.15) is 0 Å². The van der Waals surface area contributed by atoms with Gasteiger partial charge in [-0.25, -0.2) is 9.78 Å². The van der Waals surface area contributed by atoms with Crippen molar-refractivity contribution in [2.45, 2.75) is 51.7 Å². The number of esters is 1. The van der Waals surface area contributed by atoms with Gasteiger partial charge < -0.3 is 15.2 Å². The highest BCUT2D eigenvalue weighted by molar-refractivity contribution is 7.13. The van der Waals surface area contributed by atoms with E-state index in [1.54, 1.807) is 6.92 Å². The van der Waals surface area contributed by atoms with E-state index in [1.807, 2.05) is 6.92 Å². The van der Waals surface area contributed by atoms with E-state index in [4.69, 9.17) is 15.2 Å². The van der Waals surface area contributed by atoms with E-state index < -0.39 is 0 Å². The zero-order valence-corrected chi connectivity index (χ0v) is 12.2. The first-order valence-corrected chi connectivity index (χ1v) is 7.48. The second-order valence-corrected chi connectivity index (χ2v) is 5.95. The largest absolute Gasteiger partial charge is 0.473 e. The molecule has 2 rings (SSSR count). The first-order valence-electron chi connectivity index (χ1n) is 6.67. The lowest BCUT2D eigenvalue weighted by Crippen LogP contribution is -2.32. The molecule has 0 aliphatic heterocycles. The van der Waals surface area contributed by atoms with E-state index in [9.17, 15) is 4.79 Å². The molecule has 0 radical (unpaired) electrons. The number of carbonyl (C=O) groups excluding carboxylic acids is 1. The van der Waals surface area contributed by atoms with Crippen molar-refractivity contribution in [1.29, 1.82) is 0 Å². The SMILES string of the molecule is CCOC(=O)c1sc(C)nc1O[C@H]1CC[C@H](N)CC1. The summed E-state index contributed by atoms with van der Waals surface area (Å²) >= 11 is 1.32. The van der Waals surface area contributed by atoms with E-state index in [2.05, 4.69) is 4.98 Å². The van der Waals surface area contributed by atoms with E-state index >= 15 is 0 Å². The van der Waals surface area contributed by atoms with Gasteiger partial charge in [0.05, 0.1) is 11.6 Å². The Bertz CT molecular complexity index is 439. The molecular formula is C13H20N2O3S. The second kappa shape index (κ2) is 6.34. The minimum absolute atomic E-state index is 0.106. The van der Waals surface area contributed by atoms with Crippen molar-refractivity contribution >= 4 is 17.3 Å². The summed E-state index contributed by atoms with van der Waals surface area (Å²) in [5, 5.41) is 0.811. The Morgan fingerprint density at radius 1 is 1.42 bits per heavy atom. The summed E-state index contributed by atoms with van der Waals surface area (Å²) in [6.45, 7) is 4.00. The molecule has 0 saturated heterocycles. The minimum atomic E-state index is -0.351. The lowest BCUT2D eigenvalue weighted by atomic mass is 9.94. The second-order valence-electron chi connectivity index (χ2n) is 4.74. The van der Waals surface area contributed by atoms with Gasteiger partial charge in [-0.3, -0.25) is 0 Å². The molecule has 1 fully saturated rings. The lowest BCUT2D eigenvalue weighted by molar-refractivity contribution is 0.0521. The zero-order chi connectivity index (χ0) is 13.8. The maximum Gasteiger partial charge on any atom is 0.353 e. The molecular weight excluding hydrogens is 264 g/mol. The van der Waals surface area contributed by atoms with Crippen molar-refractivity contribution < 1.29 is 14.3 Å². The Labute approximate surface area is 117 Å². The van der Waals surface area contributed by atoms with E-state index in [-0.39, 0.29) is 18.1 Å². The van der Waals surface area contributed by atoms with Crippen LogP contribution in [0.4, 0.5) is 0 Å². The maximum atomic E-state index is 11.8. The van der Waals surface area contributed by atoms with Crippen LogP contribution in [0.3, 0.4) is 0 Å². The smallest absolute Gasteiger partial charge is 0.353 e. The molecule has 6 heteroatoms. The predicted molar refractivity (Wildman–Crippen MR) is 73.7 cm³/mol. The van der Waals surface area contributed by atoms with Gasteiger partial charge in [-0.1, -0.05) is 0 Å². The number of nitrogens with two attached hydrogens (primary N) is 1. The highest BCUT2D eigenvalue weighted by atomic mass is 32.1. The Balaban J connectivity index is 2.05. The van der Waals surface area contributed by atoms with E-state index in [1.165, 1.54) is 11.3 Å². The number of thiazole rings is 1. The molecule has 0 unspecified atom stereocenters. The van der Waals surface area contributed by atoms with Crippen molar-refractivity contribution in [1.82, 2.24) is 4.98 Å². The van der Waals surface area contributed by atoms with Crippen LogP contribution in [0.1, 0.15) is 47.3 Å². The number of aryl methyl sites for hydroxylation is 1. The van der Waals surface area contributed by atoms with Gasteiger partial charge in [0.15, 0.2) is 4.88 Å². The van der Waals surface area contributed by atoms with Crippen LogP contribution in [0, 0.1) is 6.92 Å². The molecule has 1 aromatic rings. The number of hydrogen-bond donors (Lipinski definition) is 1. The molecule has 0 spiro atoms. The lowest BCUT2D eigenvalue weighted by Gasteiger charge is -2.26. The Hall–Kier alpha value is -1.14. The zero-order valence-electron chi connectivity index (χ0n) is 11.3. The summed E-state index contributed by atoms with van der Waals surface area (Å²) in [5.74, 6) is 0.0667. The normalized spacial score (nSPS) is 23.1. The van der Waals surface area contributed by atoms with Gasteiger partial charge in [0, 0.05) is 6.04 Å². The van der Waals surface area contributed by atoms with Crippen LogP contribution in [0.25, 0.3) is 0 Å². The molecule has 1 aromatic heterocycles. The Morgan fingerprint density at radius 2 is 2.11 bits per heavy atom. The summed E-state index contributed by atoms with van der Waals surface area (Å²) in [7, 11) is 0. The molecule has 0 aromatic carbocycles. The van der Waals surface area contributed by atoms with E-state index in [0.29, 0.717) is 17.4 Å². The molecule has 1 heterocycles. The summed E-state index contributed by atoms with van der Waals surface area (Å²) < 4.78 is 10.9. The topological polar surface area (TPSA) is 74.4 Å². The third kappa shape index (κ3) is 3.67. The molecule has 1 aliphatic rings. The van der Waals surface area contributed by atoms with Crippen LogP contribution in [0.5, 0.6) is 5.88 Å². The van der Waals surface area contributed by atoms with Crippen molar-refractivity contribution in [2.75, 3.05) is 6.61 Å². The quantitative estimate of drug-likeness (QED) is 0.859. The molecule has 1 aliphatic carbocycles. The number of nitrogens with zero attached hydrogens (tertiary/aromatic N) is 1. The van der Waals surface area contributed by atoms with Crippen molar-refractivity contribution in [3.8, 4) is 5.88 Å². The van der Waals surface area contributed by atoms with Crippen LogP contribution in [-0.2, 0) is 4.74 Å². The Morgan fingerprint density at radius 3 is 2.74 bits per heavy atom. The summed E-state index contributed by atoms with van der Waals surface area (Å²) in [6.07, 6.45) is 3.86. The number of rotatable bonds is 4. The summed E-state index contributed by atoms with van der Waals surface area (Å²) in [6, 6.07) is 0.279. The highest BCUT2D eigenvalue weighted by Crippen LogP contribution is 2.29. The van der Waals surface area contributed by atoms with Crippen molar-refractivity contribution in [3.63, 3.8) is 0 Å². The fourth-order valence-corrected chi connectivity index (χ4v) is 2.93. The van der Waals surface area contributed by atoms with Crippen molar-refractivity contribution in [3.05, 3.63) is 9.88 Å². The van der Waals surface area contributed by atoms with Crippen LogP contribution in [-0.4, -0.2) is 29.7 Å². The summed E-state index contributed by atoms with van der Waals surface area (Å²) in [5.41, 5.74) is 5.87. The molecule has 0 atom stereocenters. The number of hydrogen-bond acceptors (Lipinski definition) is 6. The molecule has 5 nitrogen and oxygen atoms in total. The first-order chi connectivity index (χ1) is 9.10. The van der Waals surface area contributed by atoms with Gasteiger partial charge >= 0.3 is 5.97 Å². The minimum Gasteiger partial charge on any atom is -0.473 e. The third-order valence-electron chi connectivity index (χ3n) is 3.16. The van der Waals surface area contributed by atoms with Crippen LogP contribution in [0.15, 0.2) is 0 Å². The number of aromatic nitrogens is 1. The van der Waals surface area contributed by atoms with Crippen LogP contribution < -0.4 is 10.5 Å². The molecule has 1 saturated carbocycles. The molecule has 0 amide bonds. The van der Waals surface area contributed by atoms with Gasteiger partial charge in [0.1, 0.15) is 6.10 Å². The van der Waals surface area contributed by atoms with Gasteiger partial charge in [-0.15, -0.1) is 11.3 Å². The first kappa shape index (κ1) is 14.3. The fourth-order valence-electron chi connectivity index (χ4n) is 2.18. The molecule has 19 heavy (non-hydrogen) atoms.